The Bertz CT molecular complexity index is 609. The molecule has 0 radical (unpaired) electrons. The highest BCUT2D eigenvalue weighted by molar-refractivity contribution is 5.79. The van der Waals surface area contributed by atoms with Crippen molar-refractivity contribution in [2.24, 2.45) is 0 Å². The molecular formula is C13H13F3N4O. The van der Waals surface area contributed by atoms with E-state index in [2.05, 4.69) is 15.4 Å². The SMILES string of the molecule is C[C@H](C(=O)NCc1ccccn1)n1ccc(C(F)(F)F)n1. The van der Waals surface area contributed by atoms with Crippen molar-refractivity contribution < 1.29 is 18.0 Å². The highest BCUT2D eigenvalue weighted by atomic mass is 19.4. The van der Waals surface area contributed by atoms with Crippen LogP contribution < -0.4 is 5.32 Å². The topological polar surface area (TPSA) is 59.8 Å². The first kappa shape index (κ1) is 15.0. The van der Waals surface area contributed by atoms with Crippen molar-refractivity contribution in [2.45, 2.75) is 25.7 Å². The third kappa shape index (κ3) is 3.80. The van der Waals surface area contributed by atoms with E-state index < -0.39 is 23.8 Å². The van der Waals surface area contributed by atoms with Crippen LogP contribution in [-0.2, 0) is 17.5 Å². The Kier molecular flexibility index (Phi) is 4.25. The van der Waals surface area contributed by atoms with Crippen LogP contribution in [0.4, 0.5) is 13.2 Å². The number of halogens is 3. The Balaban J connectivity index is 1.98. The fraction of sp³-hybridized carbons (Fsp3) is 0.308. The van der Waals surface area contributed by atoms with E-state index in [1.165, 1.54) is 6.92 Å². The van der Waals surface area contributed by atoms with E-state index in [1.54, 1.807) is 24.4 Å². The zero-order valence-electron chi connectivity index (χ0n) is 11.1. The van der Waals surface area contributed by atoms with Crippen LogP contribution in [0.15, 0.2) is 36.7 Å². The predicted octanol–water partition coefficient (Wildman–Crippen LogP) is 2.17. The molecule has 0 bridgehead atoms. The van der Waals surface area contributed by atoms with Gasteiger partial charge in [-0.15, -0.1) is 0 Å². The molecule has 0 saturated heterocycles. The standard InChI is InChI=1S/C13H13F3N4O/c1-9(20-7-5-11(19-20)13(14,15)16)12(21)18-8-10-4-2-3-6-17-10/h2-7,9H,8H2,1H3,(H,18,21)/t9-/m1/s1. The summed E-state index contributed by atoms with van der Waals surface area (Å²) in [6.07, 6.45) is -1.79. The normalized spacial score (nSPS) is 13.0. The molecule has 8 heteroatoms. The quantitative estimate of drug-likeness (QED) is 0.941. The number of aromatic nitrogens is 3. The van der Waals surface area contributed by atoms with Gasteiger partial charge in [-0.25, -0.2) is 0 Å². The molecule has 2 rings (SSSR count). The van der Waals surface area contributed by atoms with Crippen molar-refractivity contribution in [3.63, 3.8) is 0 Å². The first-order chi connectivity index (χ1) is 9.88. The molecular weight excluding hydrogens is 285 g/mol. The zero-order valence-corrected chi connectivity index (χ0v) is 11.1. The smallest absolute Gasteiger partial charge is 0.349 e. The minimum atomic E-state index is -4.52. The molecule has 0 spiro atoms. The molecule has 0 unspecified atom stereocenters. The van der Waals surface area contributed by atoms with Gasteiger partial charge in [-0.2, -0.15) is 18.3 Å². The molecule has 0 aliphatic heterocycles. The van der Waals surface area contributed by atoms with E-state index in [0.29, 0.717) is 5.69 Å². The average molecular weight is 298 g/mol. The number of hydrogen-bond donors (Lipinski definition) is 1. The summed E-state index contributed by atoms with van der Waals surface area (Å²) in [6.45, 7) is 1.68. The van der Waals surface area contributed by atoms with Gasteiger partial charge in [0.05, 0.1) is 12.2 Å². The monoisotopic (exact) mass is 298 g/mol. The van der Waals surface area contributed by atoms with E-state index in [1.807, 2.05) is 0 Å². The van der Waals surface area contributed by atoms with Gasteiger partial charge in [-0.3, -0.25) is 14.5 Å². The minimum Gasteiger partial charge on any atom is -0.349 e. The molecule has 0 aromatic carbocycles. The molecule has 5 nitrogen and oxygen atoms in total. The first-order valence-corrected chi connectivity index (χ1v) is 6.18. The van der Waals surface area contributed by atoms with Gasteiger partial charge in [0, 0.05) is 12.4 Å². The van der Waals surface area contributed by atoms with Gasteiger partial charge < -0.3 is 5.32 Å². The summed E-state index contributed by atoms with van der Waals surface area (Å²) < 4.78 is 38.3. The van der Waals surface area contributed by atoms with E-state index in [-0.39, 0.29) is 6.54 Å². The summed E-state index contributed by atoms with van der Waals surface area (Å²) in [5.41, 5.74) is -0.360. The second-order valence-corrected chi connectivity index (χ2v) is 4.39. The minimum absolute atomic E-state index is 0.206. The maximum atomic E-state index is 12.5. The Morgan fingerprint density at radius 3 is 2.71 bits per heavy atom. The third-order valence-corrected chi connectivity index (χ3v) is 2.84. The summed E-state index contributed by atoms with van der Waals surface area (Å²) in [4.78, 5) is 15.9. The van der Waals surface area contributed by atoms with E-state index in [9.17, 15) is 18.0 Å². The first-order valence-electron chi connectivity index (χ1n) is 6.18. The molecule has 2 aromatic heterocycles. The number of alkyl halides is 3. The van der Waals surface area contributed by atoms with Crippen LogP contribution in [0.5, 0.6) is 0 Å². The Hall–Kier alpha value is -2.38. The van der Waals surface area contributed by atoms with Crippen molar-refractivity contribution in [3.05, 3.63) is 48.0 Å². The van der Waals surface area contributed by atoms with E-state index in [4.69, 9.17) is 0 Å². The molecule has 2 heterocycles. The highest BCUT2D eigenvalue weighted by Gasteiger charge is 2.34. The van der Waals surface area contributed by atoms with Gasteiger partial charge in [0.2, 0.25) is 5.91 Å². The summed E-state index contributed by atoms with van der Waals surface area (Å²) in [6, 6.07) is 5.25. The molecule has 0 fully saturated rings. The Labute approximate surface area is 118 Å². The lowest BCUT2D eigenvalue weighted by molar-refractivity contribution is -0.142. The van der Waals surface area contributed by atoms with Gasteiger partial charge in [0.1, 0.15) is 6.04 Å². The molecule has 0 aliphatic carbocycles. The summed E-state index contributed by atoms with van der Waals surface area (Å²) >= 11 is 0. The van der Waals surface area contributed by atoms with Crippen LogP contribution in [0.3, 0.4) is 0 Å². The van der Waals surface area contributed by atoms with Crippen LogP contribution in [0.25, 0.3) is 0 Å². The van der Waals surface area contributed by atoms with E-state index in [0.717, 1.165) is 16.9 Å². The number of carbonyl (C=O) groups is 1. The number of rotatable bonds is 4. The van der Waals surface area contributed by atoms with Gasteiger partial charge in [-0.05, 0) is 25.1 Å². The van der Waals surface area contributed by atoms with Crippen LogP contribution in [0.2, 0.25) is 0 Å². The molecule has 112 valence electrons. The van der Waals surface area contributed by atoms with Gasteiger partial charge in [0.25, 0.3) is 0 Å². The number of carbonyl (C=O) groups excluding carboxylic acids is 1. The fourth-order valence-corrected chi connectivity index (χ4v) is 1.65. The largest absolute Gasteiger partial charge is 0.435 e. The van der Waals surface area contributed by atoms with Gasteiger partial charge >= 0.3 is 6.18 Å². The van der Waals surface area contributed by atoms with Crippen molar-refractivity contribution >= 4 is 5.91 Å². The average Bonchev–Trinajstić information content (AvgIpc) is 2.95. The van der Waals surface area contributed by atoms with Crippen LogP contribution in [-0.4, -0.2) is 20.7 Å². The third-order valence-electron chi connectivity index (χ3n) is 2.84. The molecule has 1 atom stereocenters. The molecule has 21 heavy (non-hydrogen) atoms. The Morgan fingerprint density at radius 2 is 2.14 bits per heavy atom. The van der Waals surface area contributed by atoms with Crippen LogP contribution in [0, 0.1) is 0 Å². The van der Waals surface area contributed by atoms with E-state index >= 15 is 0 Å². The maximum absolute atomic E-state index is 12.5. The molecule has 1 amide bonds. The number of nitrogens with one attached hydrogen (secondary N) is 1. The summed E-state index contributed by atoms with van der Waals surface area (Å²) in [5.74, 6) is -0.433. The van der Waals surface area contributed by atoms with Crippen molar-refractivity contribution in [1.29, 1.82) is 0 Å². The summed E-state index contributed by atoms with van der Waals surface area (Å²) in [5, 5.41) is 5.97. The molecule has 1 N–H and O–H groups in total. The van der Waals surface area contributed by atoms with Crippen molar-refractivity contribution in [3.8, 4) is 0 Å². The second kappa shape index (κ2) is 5.94. The number of pyridine rings is 1. The molecule has 0 saturated carbocycles. The lowest BCUT2D eigenvalue weighted by atomic mass is 10.3. The molecule has 2 aromatic rings. The lowest BCUT2D eigenvalue weighted by Gasteiger charge is -2.12. The fourth-order valence-electron chi connectivity index (χ4n) is 1.65. The lowest BCUT2D eigenvalue weighted by Crippen LogP contribution is -2.31. The predicted molar refractivity (Wildman–Crippen MR) is 68.0 cm³/mol. The van der Waals surface area contributed by atoms with Gasteiger partial charge in [-0.1, -0.05) is 6.07 Å². The maximum Gasteiger partial charge on any atom is 0.435 e. The summed E-state index contributed by atoms with van der Waals surface area (Å²) in [7, 11) is 0. The van der Waals surface area contributed by atoms with Crippen molar-refractivity contribution in [1.82, 2.24) is 20.1 Å². The van der Waals surface area contributed by atoms with Crippen molar-refractivity contribution in [2.75, 3.05) is 0 Å². The zero-order chi connectivity index (χ0) is 15.5. The number of hydrogen-bond acceptors (Lipinski definition) is 3. The molecule has 0 aliphatic rings. The van der Waals surface area contributed by atoms with Crippen LogP contribution >= 0.6 is 0 Å². The number of nitrogens with zero attached hydrogens (tertiary/aromatic N) is 3. The van der Waals surface area contributed by atoms with Crippen LogP contribution in [0.1, 0.15) is 24.4 Å². The second-order valence-electron chi connectivity index (χ2n) is 4.39. The number of amides is 1. The van der Waals surface area contributed by atoms with Gasteiger partial charge in [0.15, 0.2) is 5.69 Å². The highest BCUT2D eigenvalue weighted by Crippen LogP contribution is 2.27. The Morgan fingerprint density at radius 1 is 1.38 bits per heavy atom.